The number of hydrogen-bond acceptors (Lipinski definition) is 4. The van der Waals surface area contributed by atoms with Gasteiger partial charge in [-0.05, 0) is 41.8 Å². The van der Waals surface area contributed by atoms with Gasteiger partial charge >= 0.3 is 0 Å². The molecule has 1 aliphatic heterocycles. The minimum Gasteiger partial charge on any atom is -0.322 e. The third-order valence-corrected chi connectivity index (χ3v) is 6.29. The molecule has 0 radical (unpaired) electrons. The summed E-state index contributed by atoms with van der Waals surface area (Å²) in [5.41, 5.74) is 4.69. The average Bonchev–Trinajstić information content (AvgIpc) is 2.64. The normalized spacial score (nSPS) is 16.1. The predicted octanol–water partition coefficient (Wildman–Crippen LogP) is 3.67. The number of nitrogens with one attached hydrogen (secondary N) is 1. The van der Waals surface area contributed by atoms with Gasteiger partial charge in [-0.15, -0.1) is 0 Å². The van der Waals surface area contributed by atoms with Crippen molar-refractivity contribution in [3.05, 3.63) is 64.7 Å². The van der Waals surface area contributed by atoms with Gasteiger partial charge in [0.1, 0.15) is 0 Å². The van der Waals surface area contributed by atoms with Gasteiger partial charge in [0, 0.05) is 65.2 Å². The van der Waals surface area contributed by atoms with Crippen LogP contribution in [0.2, 0.25) is 0 Å². The lowest BCUT2D eigenvalue weighted by atomic mass is 10.1. The van der Waals surface area contributed by atoms with E-state index in [1.165, 1.54) is 17.1 Å². The molecule has 1 saturated heterocycles. The van der Waals surface area contributed by atoms with Crippen LogP contribution in [0, 0.1) is 6.92 Å². The van der Waals surface area contributed by atoms with E-state index in [0.717, 1.165) is 36.4 Å². The highest BCUT2D eigenvalue weighted by Crippen LogP contribution is 2.20. The smallest absolute Gasteiger partial charge is 0.255 e. The van der Waals surface area contributed by atoms with E-state index in [1.807, 2.05) is 43.0 Å². The molecule has 144 valence electrons. The van der Waals surface area contributed by atoms with Crippen LogP contribution in [0.1, 0.15) is 27.0 Å². The molecule has 4 nitrogen and oxygen atoms in total. The van der Waals surface area contributed by atoms with E-state index >= 15 is 0 Å². The summed E-state index contributed by atoms with van der Waals surface area (Å²) in [5, 5.41) is 3.01. The molecule has 27 heavy (non-hydrogen) atoms. The van der Waals surface area contributed by atoms with Crippen molar-refractivity contribution in [3.8, 4) is 0 Å². The van der Waals surface area contributed by atoms with Gasteiger partial charge in [0.2, 0.25) is 0 Å². The summed E-state index contributed by atoms with van der Waals surface area (Å²) in [4.78, 5) is 15.1. The maximum atomic E-state index is 12.6. The fourth-order valence-electron chi connectivity index (χ4n) is 3.21. The van der Waals surface area contributed by atoms with Crippen LogP contribution < -0.4 is 5.32 Å². The second-order valence-corrected chi connectivity index (χ2v) is 9.57. The molecular weight excluding hydrogens is 376 g/mol. The Hall–Kier alpha value is -1.63. The Morgan fingerprint density at radius 2 is 1.93 bits per heavy atom. The first-order valence-corrected chi connectivity index (χ1v) is 12.0. The van der Waals surface area contributed by atoms with Gasteiger partial charge in [-0.1, -0.05) is 24.3 Å². The molecule has 6 heteroatoms. The summed E-state index contributed by atoms with van der Waals surface area (Å²) in [5.74, 6) is 2.74. The minimum absolute atomic E-state index is 0.136. The Balaban J connectivity index is 1.66. The van der Waals surface area contributed by atoms with Gasteiger partial charge in [0.15, 0.2) is 0 Å². The number of carbonyl (C=O) groups is 1. The molecule has 2 aromatic carbocycles. The summed E-state index contributed by atoms with van der Waals surface area (Å²) in [6, 6.07) is 13.6. The van der Waals surface area contributed by atoms with Gasteiger partial charge in [-0.2, -0.15) is 11.8 Å². The monoisotopic (exact) mass is 402 g/mol. The van der Waals surface area contributed by atoms with Crippen LogP contribution in [0.4, 0.5) is 5.69 Å². The molecule has 0 saturated carbocycles. The topological polar surface area (TPSA) is 49.4 Å². The molecule has 0 aliphatic carbocycles. The lowest BCUT2D eigenvalue weighted by molar-refractivity contribution is 0.102. The van der Waals surface area contributed by atoms with Crippen molar-refractivity contribution in [2.45, 2.75) is 19.2 Å². The number of hydrogen-bond donors (Lipinski definition) is 1. The summed E-state index contributed by atoms with van der Waals surface area (Å²) < 4.78 is 11.4. The number of carbonyl (C=O) groups excluding carboxylic acids is 1. The van der Waals surface area contributed by atoms with Crippen LogP contribution in [0.25, 0.3) is 0 Å². The Morgan fingerprint density at radius 1 is 1.15 bits per heavy atom. The van der Waals surface area contributed by atoms with E-state index in [4.69, 9.17) is 0 Å². The third kappa shape index (κ3) is 5.92. The molecular formula is C21H26N2O2S2. The third-order valence-electron chi connectivity index (χ3n) is 4.61. The number of anilines is 1. The molecule has 1 fully saturated rings. The molecule has 2 aromatic rings. The zero-order valence-corrected chi connectivity index (χ0v) is 17.5. The standard InChI is InChI=1S/C21H26N2O2S2/c1-16-12-17(14-23-8-10-26-11-9-23)6-7-20(16)22-21(24)19-5-3-4-18(13-19)15-27(2)25/h3-7,12-13H,8-11,14-15H2,1-2H3,(H,22,24). The molecule has 1 heterocycles. The Kier molecular flexibility index (Phi) is 7.10. The molecule has 1 amide bonds. The number of thioether (sulfide) groups is 1. The van der Waals surface area contributed by atoms with Crippen molar-refractivity contribution < 1.29 is 9.00 Å². The maximum absolute atomic E-state index is 12.6. The van der Waals surface area contributed by atoms with E-state index in [2.05, 4.69) is 22.3 Å². The first-order valence-electron chi connectivity index (χ1n) is 9.11. The average molecular weight is 403 g/mol. The summed E-state index contributed by atoms with van der Waals surface area (Å²) in [6.45, 7) is 5.27. The molecule has 1 N–H and O–H groups in total. The molecule has 0 bridgehead atoms. The molecule has 0 aromatic heterocycles. The summed E-state index contributed by atoms with van der Waals surface area (Å²) >= 11 is 2.02. The van der Waals surface area contributed by atoms with Gasteiger partial charge in [0.25, 0.3) is 5.91 Å². The number of aryl methyl sites for hydroxylation is 1. The van der Waals surface area contributed by atoms with Crippen molar-refractivity contribution in [2.24, 2.45) is 0 Å². The lowest BCUT2D eigenvalue weighted by Gasteiger charge is -2.26. The van der Waals surface area contributed by atoms with Gasteiger partial charge < -0.3 is 5.32 Å². The van der Waals surface area contributed by atoms with Crippen molar-refractivity contribution in [3.63, 3.8) is 0 Å². The first-order chi connectivity index (χ1) is 13.0. The second kappa shape index (κ2) is 9.53. The SMILES string of the molecule is Cc1cc(CN2CCSCC2)ccc1NC(=O)c1cccc(CS(C)=O)c1. The van der Waals surface area contributed by atoms with E-state index in [1.54, 1.807) is 12.3 Å². The van der Waals surface area contributed by atoms with E-state index < -0.39 is 10.8 Å². The fourth-order valence-corrected chi connectivity index (χ4v) is 4.84. The summed E-state index contributed by atoms with van der Waals surface area (Å²) in [6.07, 6.45) is 1.67. The fraction of sp³-hybridized carbons (Fsp3) is 0.381. The largest absolute Gasteiger partial charge is 0.322 e. The van der Waals surface area contributed by atoms with Crippen LogP contribution >= 0.6 is 11.8 Å². The van der Waals surface area contributed by atoms with Crippen LogP contribution in [0.5, 0.6) is 0 Å². The van der Waals surface area contributed by atoms with Gasteiger partial charge in [-0.3, -0.25) is 13.9 Å². The number of nitrogens with zero attached hydrogens (tertiary/aromatic N) is 1. The number of benzene rings is 2. The van der Waals surface area contributed by atoms with Crippen LogP contribution in [0.3, 0.4) is 0 Å². The highest BCUT2D eigenvalue weighted by molar-refractivity contribution is 7.99. The number of rotatable bonds is 6. The van der Waals surface area contributed by atoms with Crippen molar-refractivity contribution >= 4 is 34.2 Å². The van der Waals surface area contributed by atoms with Crippen molar-refractivity contribution in [1.82, 2.24) is 4.90 Å². The molecule has 1 atom stereocenters. The van der Waals surface area contributed by atoms with Gasteiger partial charge in [0.05, 0.1) is 0 Å². The quantitative estimate of drug-likeness (QED) is 0.801. The zero-order valence-electron chi connectivity index (χ0n) is 15.9. The second-order valence-electron chi connectivity index (χ2n) is 6.91. The van der Waals surface area contributed by atoms with Crippen molar-refractivity contribution in [2.75, 3.05) is 36.2 Å². The van der Waals surface area contributed by atoms with Crippen molar-refractivity contribution in [1.29, 1.82) is 0 Å². The van der Waals surface area contributed by atoms with E-state index in [-0.39, 0.29) is 5.91 Å². The molecule has 3 rings (SSSR count). The Morgan fingerprint density at radius 3 is 2.63 bits per heavy atom. The number of amides is 1. The molecule has 1 aliphatic rings. The van der Waals surface area contributed by atoms with Crippen LogP contribution in [0.15, 0.2) is 42.5 Å². The zero-order chi connectivity index (χ0) is 19.2. The van der Waals surface area contributed by atoms with Gasteiger partial charge in [-0.25, -0.2) is 0 Å². The Labute approximate surface area is 168 Å². The summed E-state index contributed by atoms with van der Waals surface area (Å²) in [7, 11) is -0.923. The minimum atomic E-state index is -0.923. The lowest BCUT2D eigenvalue weighted by Crippen LogP contribution is -2.31. The highest BCUT2D eigenvalue weighted by Gasteiger charge is 2.13. The molecule has 0 spiro atoms. The highest BCUT2D eigenvalue weighted by atomic mass is 32.2. The van der Waals surface area contributed by atoms with Crippen LogP contribution in [-0.4, -0.2) is 45.9 Å². The van der Waals surface area contributed by atoms with E-state index in [0.29, 0.717) is 11.3 Å². The van der Waals surface area contributed by atoms with Crippen LogP contribution in [-0.2, 0) is 23.1 Å². The molecule has 1 unspecified atom stereocenters. The first kappa shape index (κ1) is 20.1. The van der Waals surface area contributed by atoms with E-state index in [9.17, 15) is 9.00 Å². The maximum Gasteiger partial charge on any atom is 0.255 e. The Bertz CT molecular complexity index is 833. The predicted molar refractivity (Wildman–Crippen MR) is 116 cm³/mol.